The van der Waals surface area contributed by atoms with E-state index in [0.717, 1.165) is 0 Å². The van der Waals surface area contributed by atoms with E-state index in [1.165, 1.54) is 27.7 Å². The average Bonchev–Trinajstić information content (AvgIpc) is 3.21. The maximum Gasteiger partial charge on any atom is 0.311 e. The van der Waals surface area contributed by atoms with Crippen molar-refractivity contribution in [2.24, 2.45) is 23.7 Å². The van der Waals surface area contributed by atoms with E-state index in [4.69, 9.17) is 42.6 Å². The van der Waals surface area contributed by atoms with Crippen LogP contribution in [0.1, 0.15) is 122 Å². The summed E-state index contributed by atoms with van der Waals surface area (Å²) in [5.74, 6) is -6.67. The molecule has 0 spiro atoms. The third-order valence-electron chi connectivity index (χ3n) is 14.7. The lowest BCUT2D eigenvalue weighted by atomic mass is 9.73. The Bertz CT molecular complexity index is 1680. The summed E-state index contributed by atoms with van der Waals surface area (Å²) < 4.78 is 57.9. The van der Waals surface area contributed by atoms with Crippen LogP contribution in [0.15, 0.2) is 0 Å². The molecule has 388 valence electrons. The lowest BCUT2D eigenvalue weighted by Crippen LogP contribution is -2.63. The molecule has 4 heterocycles. The minimum absolute atomic E-state index is 0.0732. The Morgan fingerprint density at radius 2 is 1.31 bits per heavy atom. The molecule has 4 saturated heterocycles. The monoisotopic (exact) mass is 961 g/mol. The molecule has 0 aromatic carbocycles. The van der Waals surface area contributed by atoms with Gasteiger partial charge in [-0.2, -0.15) is 0 Å². The van der Waals surface area contributed by atoms with E-state index in [0.29, 0.717) is 6.42 Å². The number of Topliss-reactive ketones (excluding diaryl/α,β-unsaturated/α-hetero) is 1. The van der Waals surface area contributed by atoms with E-state index in [1.807, 2.05) is 44.9 Å². The molecule has 4 aliphatic rings. The van der Waals surface area contributed by atoms with E-state index in [-0.39, 0.29) is 31.8 Å². The van der Waals surface area contributed by atoms with Gasteiger partial charge >= 0.3 is 17.9 Å². The van der Waals surface area contributed by atoms with E-state index in [2.05, 4.69) is 0 Å². The number of likely N-dealkylation sites (N-methyl/N-ethyl adjacent to an activating group) is 2. The topological polar surface area (TPSA) is 239 Å². The quantitative estimate of drug-likeness (QED) is 0.172. The second-order valence-electron chi connectivity index (χ2n) is 21.0. The zero-order valence-corrected chi connectivity index (χ0v) is 43.0. The number of aliphatic hydroxyl groups excluding tert-OH is 3. The van der Waals surface area contributed by atoms with Crippen LogP contribution in [-0.4, -0.2) is 191 Å². The Morgan fingerprint density at radius 3 is 1.87 bits per heavy atom. The van der Waals surface area contributed by atoms with Gasteiger partial charge in [-0.25, -0.2) is 0 Å². The molecule has 0 saturated carbocycles. The van der Waals surface area contributed by atoms with Gasteiger partial charge in [0, 0.05) is 56.5 Å². The maximum atomic E-state index is 14.7. The van der Waals surface area contributed by atoms with Gasteiger partial charge in [0.25, 0.3) is 0 Å². The van der Waals surface area contributed by atoms with E-state index >= 15 is 0 Å². The average molecular weight is 961 g/mol. The van der Waals surface area contributed by atoms with Crippen molar-refractivity contribution in [2.45, 2.75) is 231 Å². The van der Waals surface area contributed by atoms with Gasteiger partial charge in [-0.1, -0.05) is 27.7 Å². The van der Waals surface area contributed by atoms with E-state index in [1.54, 1.807) is 55.4 Å². The largest absolute Gasteiger partial charge is 0.459 e. The molecule has 0 unspecified atom stereocenters. The Kier molecular flexibility index (Phi) is 19.4. The Morgan fingerprint density at radius 1 is 0.731 bits per heavy atom. The molecule has 0 bridgehead atoms. The Labute approximate surface area is 397 Å². The first-order valence-electron chi connectivity index (χ1n) is 24.0. The van der Waals surface area contributed by atoms with Gasteiger partial charge < -0.3 is 72.9 Å². The summed E-state index contributed by atoms with van der Waals surface area (Å²) in [5, 5.41) is 46.9. The molecular weight excluding hydrogens is 877 g/mol. The first-order chi connectivity index (χ1) is 30.9. The van der Waals surface area contributed by atoms with Crippen molar-refractivity contribution in [3.63, 3.8) is 0 Å². The molecule has 4 N–H and O–H groups in total. The van der Waals surface area contributed by atoms with Crippen LogP contribution < -0.4 is 0 Å². The van der Waals surface area contributed by atoms with Crippen molar-refractivity contribution in [3.05, 3.63) is 0 Å². The molecule has 19 nitrogen and oxygen atoms in total. The van der Waals surface area contributed by atoms with Crippen LogP contribution in [0.5, 0.6) is 0 Å². The summed E-state index contributed by atoms with van der Waals surface area (Å²) >= 11 is 0. The molecule has 4 rings (SSSR count). The smallest absolute Gasteiger partial charge is 0.311 e. The number of hydrogen-bond donors (Lipinski definition) is 4. The van der Waals surface area contributed by atoms with Crippen molar-refractivity contribution in [2.75, 3.05) is 28.2 Å². The van der Waals surface area contributed by atoms with Crippen molar-refractivity contribution < 1.29 is 82.2 Å². The van der Waals surface area contributed by atoms with Gasteiger partial charge in [0.2, 0.25) is 0 Å². The van der Waals surface area contributed by atoms with Gasteiger partial charge in [0.15, 0.2) is 30.6 Å². The lowest BCUT2D eigenvalue weighted by molar-refractivity contribution is -0.340. The molecule has 4 aliphatic heterocycles. The minimum Gasteiger partial charge on any atom is -0.459 e. The van der Waals surface area contributed by atoms with E-state index < -0.39 is 150 Å². The number of aliphatic hydroxyl groups is 4. The summed E-state index contributed by atoms with van der Waals surface area (Å²) in [6, 6.07) is -0.803. The summed E-state index contributed by atoms with van der Waals surface area (Å²) in [4.78, 5) is 58.0. The lowest BCUT2D eigenvalue weighted by Gasteiger charge is -2.51. The highest BCUT2D eigenvalue weighted by atomic mass is 16.7. The fraction of sp³-hybridized carbons (Fsp3) is 0.917. The summed E-state index contributed by atoms with van der Waals surface area (Å²) in [6.07, 6.45) is -13.4. The van der Waals surface area contributed by atoms with Crippen LogP contribution in [-0.2, 0) is 61.8 Å². The van der Waals surface area contributed by atoms with Gasteiger partial charge in [-0.05, 0) is 95.9 Å². The number of hydrogen-bond acceptors (Lipinski definition) is 19. The SMILES string of the molecule is CC[C@H]1OC(=O)[C@H](C)[C@@H](O[C@H]2C[C@@](C)(OC(C)=O)[C@@H](OC(C)=O)[C@H](C)O2)[C@H](C)[C@@H](O[C@@H]2O[C@H](C)C[C@H](N(C)C)[C@H]2O)[C@](C)(O[C@H]2C[C@@H](N(C)C)[C@@H](O)[C@H](C)O2)C[C@@H](C)C(=O)[C@H](C)[C@@H](O)[C@]1(C)O. The number of esters is 3. The molecule has 22 atom stereocenters. The number of ether oxygens (including phenoxy) is 9. The molecule has 19 heteroatoms. The second kappa shape index (κ2) is 22.8. The molecule has 0 amide bonds. The highest BCUT2D eigenvalue weighted by molar-refractivity contribution is 5.83. The van der Waals surface area contributed by atoms with Gasteiger partial charge in [0.1, 0.15) is 23.6 Å². The molecule has 0 radical (unpaired) electrons. The second-order valence-corrected chi connectivity index (χ2v) is 21.0. The number of rotatable bonds is 11. The van der Waals surface area contributed by atoms with Crippen molar-refractivity contribution in [3.8, 4) is 0 Å². The highest BCUT2D eigenvalue weighted by Gasteiger charge is 2.56. The van der Waals surface area contributed by atoms with Crippen molar-refractivity contribution >= 4 is 23.7 Å². The Hall–Kier alpha value is -2.40. The predicted molar refractivity (Wildman–Crippen MR) is 242 cm³/mol. The molecule has 67 heavy (non-hydrogen) atoms. The molecular formula is C48H84N2O17. The molecule has 0 aliphatic carbocycles. The van der Waals surface area contributed by atoms with Crippen LogP contribution in [0.3, 0.4) is 0 Å². The first kappa shape index (κ1) is 57.2. The number of carbonyl (C=O) groups is 4. The van der Waals surface area contributed by atoms with Crippen LogP contribution in [0.25, 0.3) is 0 Å². The third-order valence-corrected chi connectivity index (χ3v) is 14.7. The van der Waals surface area contributed by atoms with Crippen molar-refractivity contribution in [1.82, 2.24) is 9.80 Å². The molecule has 0 aromatic rings. The fourth-order valence-corrected chi connectivity index (χ4v) is 11.0. The number of cyclic esters (lactones) is 1. The third kappa shape index (κ3) is 13.1. The highest BCUT2D eigenvalue weighted by Crippen LogP contribution is 2.44. The number of carbonyl (C=O) groups excluding carboxylic acids is 4. The number of nitrogens with zero attached hydrogens (tertiary/aromatic N) is 2. The van der Waals surface area contributed by atoms with Crippen LogP contribution >= 0.6 is 0 Å². The van der Waals surface area contributed by atoms with Crippen LogP contribution in [0, 0.1) is 23.7 Å². The van der Waals surface area contributed by atoms with Crippen LogP contribution in [0.4, 0.5) is 0 Å². The molecule has 0 aromatic heterocycles. The van der Waals surface area contributed by atoms with Gasteiger partial charge in [-0.3, -0.25) is 19.2 Å². The first-order valence-corrected chi connectivity index (χ1v) is 24.0. The predicted octanol–water partition coefficient (Wildman–Crippen LogP) is 2.72. The standard InChI is InChI=1S/C48H84N2O17/c1-18-34-48(13,58)41(56)25(4)37(53)23(2)21-46(11,67-35-20-33(50(16)17)38(54)28(7)60-35)42(65-45-39(55)32(49(14)15)19-24(3)59-45)26(5)40(27(6)44(57)63-34)64-36-22-47(12,66-31(10)52)43(29(8)61-36)62-30(9)51/h23-29,32-36,38-43,45,54-56,58H,18-22H2,1-17H3/t23-,24-,25+,26+,27-,28+,29+,32+,33-,34-,35+,36+,38+,39-,40+,41-,42-,43+,45+,46-,47-,48-/m1/s1. The van der Waals surface area contributed by atoms with Gasteiger partial charge in [-0.15, -0.1) is 0 Å². The van der Waals surface area contributed by atoms with Crippen molar-refractivity contribution in [1.29, 1.82) is 0 Å². The summed E-state index contributed by atoms with van der Waals surface area (Å²) in [6.45, 7) is 20.7. The summed E-state index contributed by atoms with van der Waals surface area (Å²) in [7, 11) is 7.37. The number of ketones is 1. The zero-order chi connectivity index (χ0) is 50.8. The van der Waals surface area contributed by atoms with Gasteiger partial charge in [0.05, 0.1) is 54.2 Å². The maximum absolute atomic E-state index is 14.7. The fourth-order valence-electron chi connectivity index (χ4n) is 11.0. The Balaban J connectivity index is 2.00. The normalized spacial score (nSPS) is 46.4. The van der Waals surface area contributed by atoms with E-state index in [9.17, 15) is 39.6 Å². The zero-order valence-electron chi connectivity index (χ0n) is 43.0. The molecule has 4 fully saturated rings. The van der Waals surface area contributed by atoms with Crippen LogP contribution in [0.2, 0.25) is 0 Å². The summed E-state index contributed by atoms with van der Waals surface area (Å²) in [5.41, 5.74) is -5.13. The minimum atomic E-state index is -2.09.